The average molecular weight is 441 g/mol. The summed E-state index contributed by atoms with van der Waals surface area (Å²) >= 11 is 0. The van der Waals surface area contributed by atoms with Gasteiger partial charge in [-0.1, -0.05) is 0 Å². The van der Waals surface area contributed by atoms with Crippen LogP contribution in [0.5, 0.6) is 5.75 Å². The molecule has 1 N–H and O–H groups in total. The van der Waals surface area contributed by atoms with E-state index in [4.69, 9.17) is 4.74 Å². The van der Waals surface area contributed by atoms with Gasteiger partial charge < -0.3 is 4.74 Å². The van der Waals surface area contributed by atoms with Crippen molar-refractivity contribution in [2.45, 2.75) is 38.0 Å². The van der Waals surface area contributed by atoms with E-state index in [0.717, 1.165) is 6.92 Å². The number of ether oxygens (including phenoxy) is 1. The molecule has 0 aromatic heterocycles. The molecule has 0 heterocycles. The Kier molecular flexibility index (Phi) is 5.86. The molecule has 0 saturated heterocycles. The summed E-state index contributed by atoms with van der Waals surface area (Å²) in [5.74, 6) is 0.355. The van der Waals surface area contributed by atoms with Crippen LogP contribution in [-0.4, -0.2) is 15.5 Å². The van der Waals surface area contributed by atoms with Gasteiger partial charge in [0.2, 0.25) is 0 Å². The smallest absolute Gasteiger partial charge is 0.416 e. The first-order chi connectivity index (χ1) is 13.1. The summed E-state index contributed by atoms with van der Waals surface area (Å²) < 4.78 is 111. The number of benzene rings is 2. The van der Waals surface area contributed by atoms with Crippen LogP contribution in [0.1, 0.15) is 27.8 Å². The number of hydrogen-bond donors (Lipinski definition) is 1. The van der Waals surface area contributed by atoms with Crippen LogP contribution in [0.3, 0.4) is 0 Å². The Labute approximate surface area is 163 Å². The van der Waals surface area contributed by atoms with E-state index in [1.54, 1.807) is 0 Å². The van der Waals surface area contributed by atoms with E-state index in [1.807, 2.05) is 4.72 Å². The fraction of sp³-hybridized carbons (Fsp3) is 0.333. The Hall–Kier alpha value is -2.43. The molecule has 11 heteroatoms. The van der Waals surface area contributed by atoms with Crippen molar-refractivity contribution in [3.63, 3.8) is 0 Å². The van der Waals surface area contributed by atoms with E-state index in [0.29, 0.717) is 11.8 Å². The Bertz CT molecular complexity index is 1020. The molecule has 0 atom stereocenters. The average Bonchev–Trinajstić information content (AvgIpc) is 2.53. The molecule has 0 bridgehead atoms. The first-order valence-corrected chi connectivity index (χ1v) is 9.53. The second-order valence-electron chi connectivity index (χ2n) is 6.39. The SMILES string of the molecule is COc1cc(C)c(S(=O)(=O)Nc2cc(C(F)(F)F)cc(C(F)(F)F)c2C)c(C)c1. The molecule has 2 aromatic carbocycles. The van der Waals surface area contributed by atoms with Gasteiger partial charge in [-0.15, -0.1) is 0 Å². The van der Waals surface area contributed by atoms with Crippen LogP contribution in [0, 0.1) is 20.8 Å². The molecule has 4 nitrogen and oxygen atoms in total. The fourth-order valence-electron chi connectivity index (χ4n) is 2.93. The van der Waals surface area contributed by atoms with Crippen LogP contribution in [0.2, 0.25) is 0 Å². The molecule has 2 aromatic rings. The maximum absolute atomic E-state index is 13.2. The predicted molar refractivity (Wildman–Crippen MR) is 94.5 cm³/mol. The van der Waals surface area contributed by atoms with Crippen molar-refractivity contribution in [3.05, 3.63) is 52.1 Å². The summed E-state index contributed by atoms with van der Waals surface area (Å²) in [6.07, 6.45) is -10.2. The lowest BCUT2D eigenvalue weighted by Gasteiger charge is -2.20. The topological polar surface area (TPSA) is 55.4 Å². The van der Waals surface area contributed by atoms with Crippen molar-refractivity contribution in [1.29, 1.82) is 0 Å². The molecule has 0 saturated carbocycles. The van der Waals surface area contributed by atoms with Gasteiger partial charge in [-0.3, -0.25) is 4.72 Å². The Balaban J connectivity index is 2.67. The second kappa shape index (κ2) is 7.43. The van der Waals surface area contributed by atoms with Gasteiger partial charge in [-0.25, -0.2) is 8.42 Å². The number of methoxy groups -OCH3 is 1. The highest BCUT2D eigenvalue weighted by Crippen LogP contribution is 2.41. The van der Waals surface area contributed by atoms with Crippen LogP contribution < -0.4 is 9.46 Å². The molecule has 0 aliphatic rings. The highest BCUT2D eigenvalue weighted by molar-refractivity contribution is 7.92. The molecule has 0 aliphatic carbocycles. The number of rotatable bonds is 4. The maximum Gasteiger partial charge on any atom is 0.416 e. The maximum atomic E-state index is 13.2. The summed E-state index contributed by atoms with van der Waals surface area (Å²) in [6, 6.07) is 3.08. The first-order valence-electron chi connectivity index (χ1n) is 8.05. The quantitative estimate of drug-likeness (QED) is 0.642. The summed E-state index contributed by atoms with van der Waals surface area (Å²) in [4.78, 5) is -0.260. The van der Waals surface area contributed by atoms with E-state index >= 15 is 0 Å². The van der Waals surface area contributed by atoms with Gasteiger partial charge in [0.25, 0.3) is 10.0 Å². The lowest BCUT2D eigenvalue weighted by molar-refractivity contribution is -0.143. The standard InChI is InChI=1S/C18H17F6NO3S/c1-9-5-13(28-4)6-10(2)16(9)29(26,27)25-15-8-12(17(19,20)21)7-14(11(15)3)18(22,23)24/h5-8,25H,1-4H3. The summed E-state index contributed by atoms with van der Waals surface area (Å²) in [6.45, 7) is 3.77. The van der Waals surface area contributed by atoms with E-state index < -0.39 is 44.8 Å². The van der Waals surface area contributed by atoms with Gasteiger partial charge in [0, 0.05) is 0 Å². The third-order valence-corrected chi connectivity index (χ3v) is 5.89. The van der Waals surface area contributed by atoms with Gasteiger partial charge in [0.15, 0.2) is 0 Å². The monoisotopic (exact) mass is 441 g/mol. The van der Waals surface area contributed by atoms with E-state index in [9.17, 15) is 34.8 Å². The number of alkyl halides is 6. The summed E-state index contributed by atoms with van der Waals surface area (Å²) in [5.41, 5.74) is -4.23. The molecular weight excluding hydrogens is 424 g/mol. The van der Waals surface area contributed by atoms with E-state index in [2.05, 4.69) is 0 Å². The lowest BCUT2D eigenvalue weighted by atomic mass is 10.0. The third-order valence-electron chi connectivity index (χ3n) is 4.22. The van der Waals surface area contributed by atoms with Gasteiger partial charge in [0.05, 0.1) is 28.8 Å². The molecule has 0 spiro atoms. The molecule has 0 fully saturated rings. The van der Waals surface area contributed by atoms with Crippen molar-refractivity contribution < 1.29 is 39.5 Å². The third kappa shape index (κ3) is 4.77. The molecule has 160 valence electrons. The normalized spacial score (nSPS) is 12.8. The molecular formula is C18H17F6NO3S. The van der Waals surface area contributed by atoms with Gasteiger partial charge >= 0.3 is 12.4 Å². The zero-order chi connectivity index (χ0) is 22.4. The number of anilines is 1. The van der Waals surface area contributed by atoms with Crippen LogP contribution in [0.4, 0.5) is 32.0 Å². The minimum atomic E-state index is -5.10. The minimum Gasteiger partial charge on any atom is -0.497 e. The molecule has 0 radical (unpaired) electrons. The van der Waals surface area contributed by atoms with Gasteiger partial charge in [0.1, 0.15) is 5.75 Å². The van der Waals surface area contributed by atoms with Crippen molar-refractivity contribution in [3.8, 4) is 5.75 Å². The Morgan fingerprint density at radius 3 is 1.79 bits per heavy atom. The van der Waals surface area contributed by atoms with Crippen molar-refractivity contribution >= 4 is 15.7 Å². The largest absolute Gasteiger partial charge is 0.497 e. The molecule has 0 amide bonds. The number of halogens is 6. The molecule has 2 rings (SSSR count). The number of aryl methyl sites for hydroxylation is 2. The Morgan fingerprint density at radius 1 is 0.862 bits per heavy atom. The molecule has 29 heavy (non-hydrogen) atoms. The fourth-order valence-corrected chi connectivity index (χ4v) is 4.50. The van der Waals surface area contributed by atoms with Gasteiger partial charge in [-0.2, -0.15) is 26.3 Å². The zero-order valence-corrected chi connectivity index (χ0v) is 16.5. The van der Waals surface area contributed by atoms with Crippen molar-refractivity contribution in [1.82, 2.24) is 0 Å². The van der Waals surface area contributed by atoms with Gasteiger partial charge in [-0.05, 0) is 61.7 Å². The second-order valence-corrected chi connectivity index (χ2v) is 8.01. The highest BCUT2D eigenvalue weighted by atomic mass is 32.2. The minimum absolute atomic E-state index is 0.0446. The predicted octanol–water partition coefficient (Wildman–Crippen LogP) is 5.46. The lowest BCUT2D eigenvalue weighted by Crippen LogP contribution is -2.19. The molecule has 0 unspecified atom stereocenters. The van der Waals surface area contributed by atoms with Crippen LogP contribution in [0.25, 0.3) is 0 Å². The van der Waals surface area contributed by atoms with E-state index in [1.165, 1.54) is 33.1 Å². The summed E-state index contributed by atoms with van der Waals surface area (Å²) in [5, 5.41) is 0. The first kappa shape index (κ1) is 22.9. The highest BCUT2D eigenvalue weighted by Gasteiger charge is 2.39. The van der Waals surface area contributed by atoms with Crippen molar-refractivity contribution in [2.24, 2.45) is 0 Å². The molecule has 0 aliphatic heterocycles. The number of sulfonamides is 1. The van der Waals surface area contributed by atoms with Crippen molar-refractivity contribution in [2.75, 3.05) is 11.8 Å². The zero-order valence-electron chi connectivity index (χ0n) is 15.7. The van der Waals surface area contributed by atoms with E-state index in [-0.39, 0.29) is 22.1 Å². The van der Waals surface area contributed by atoms with Crippen LogP contribution in [-0.2, 0) is 22.4 Å². The number of hydrogen-bond acceptors (Lipinski definition) is 3. The van der Waals surface area contributed by atoms with Crippen LogP contribution >= 0.6 is 0 Å². The van der Waals surface area contributed by atoms with Crippen LogP contribution in [0.15, 0.2) is 29.2 Å². The number of nitrogens with one attached hydrogen (secondary N) is 1. The Morgan fingerprint density at radius 2 is 1.38 bits per heavy atom. The summed E-state index contributed by atoms with van der Waals surface area (Å²) in [7, 11) is -3.12.